The molecule has 0 amide bonds. The van der Waals surface area contributed by atoms with Crippen molar-refractivity contribution in [3.8, 4) is 0 Å². The molecule has 1 N–H and O–H groups in total. The zero-order valence-electron chi connectivity index (χ0n) is 19.0. The fourth-order valence-corrected chi connectivity index (χ4v) is 8.42. The minimum atomic E-state index is -0.283. The van der Waals surface area contributed by atoms with Gasteiger partial charge in [0.25, 0.3) is 0 Å². The maximum Gasteiger partial charge on any atom is 0.0809 e. The molecule has 1 aromatic heterocycles. The van der Waals surface area contributed by atoms with E-state index in [1.54, 1.807) is 0 Å². The van der Waals surface area contributed by atoms with Gasteiger partial charge in [-0.15, -0.1) is 0 Å². The highest BCUT2D eigenvalue weighted by molar-refractivity contribution is 5.57. The van der Waals surface area contributed by atoms with Crippen LogP contribution in [0.2, 0.25) is 0 Å². The van der Waals surface area contributed by atoms with Crippen LogP contribution in [0, 0.1) is 41.4 Å². The fraction of sp³-hybridized carbons (Fsp3) is 0.808. The molecule has 1 heterocycles. The number of nitrogens with zero attached hydrogens (tertiary/aromatic N) is 2. The summed E-state index contributed by atoms with van der Waals surface area (Å²) in [4.78, 5) is 0. The Morgan fingerprint density at radius 2 is 1.93 bits per heavy atom. The maximum atomic E-state index is 11.5. The highest BCUT2D eigenvalue weighted by Crippen LogP contribution is 2.67. The average molecular weight is 397 g/mol. The summed E-state index contributed by atoms with van der Waals surface area (Å²) in [6.07, 6.45) is 16.3. The second-order valence-corrected chi connectivity index (χ2v) is 11.3. The zero-order chi connectivity index (χ0) is 20.4. The quantitative estimate of drug-likeness (QED) is 0.666. The number of aryl methyl sites for hydroxylation is 1. The second kappa shape index (κ2) is 6.97. The first-order valence-electron chi connectivity index (χ1n) is 12.3. The fourth-order valence-electron chi connectivity index (χ4n) is 8.42. The van der Waals surface area contributed by atoms with Crippen LogP contribution in [-0.2, 0) is 6.54 Å². The molecule has 0 radical (unpaired) electrons. The Bertz CT molecular complexity index is 810. The van der Waals surface area contributed by atoms with Crippen LogP contribution in [0.5, 0.6) is 0 Å². The van der Waals surface area contributed by atoms with Crippen LogP contribution in [0.1, 0.15) is 89.8 Å². The van der Waals surface area contributed by atoms with E-state index in [4.69, 9.17) is 0 Å². The van der Waals surface area contributed by atoms with Crippen LogP contribution in [-0.4, -0.2) is 21.0 Å². The van der Waals surface area contributed by atoms with E-state index in [2.05, 4.69) is 43.6 Å². The van der Waals surface area contributed by atoms with Crippen LogP contribution in [0.25, 0.3) is 6.08 Å². The van der Waals surface area contributed by atoms with Gasteiger partial charge in [-0.25, -0.2) is 0 Å². The number of aliphatic hydroxyl groups is 1. The average Bonchev–Trinajstić information content (AvgIpc) is 3.19. The third kappa shape index (κ3) is 2.82. The summed E-state index contributed by atoms with van der Waals surface area (Å²) in [5.41, 5.74) is 4.33. The Morgan fingerprint density at radius 1 is 1.10 bits per heavy atom. The van der Waals surface area contributed by atoms with Gasteiger partial charge in [0.05, 0.1) is 12.3 Å². The summed E-state index contributed by atoms with van der Waals surface area (Å²) in [5.74, 6) is 3.32. The molecule has 0 bridgehead atoms. The molecule has 3 heteroatoms. The van der Waals surface area contributed by atoms with Gasteiger partial charge in [-0.1, -0.05) is 26.7 Å². The lowest BCUT2D eigenvalue weighted by Gasteiger charge is -2.60. The largest absolute Gasteiger partial charge is 0.388 e. The summed E-state index contributed by atoms with van der Waals surface area (Å²) in [6, 6.07) is 0. The smallest absolute Gasteiger partial charge is 0.0809 e. The standard InChI is InChI=1S/C26H40N2O/c1-5-28-17(2)19(16-27-28)14-18-15-23-21-10-9-20-8-6-7-12-25(20,3)22(21)11-13-26(23,4)24(18)29/h14,16,20-24,29H,5-13,15H2,1-4H3/b18-14+/t20-,21+,22-,23-,24+,25+,26+/m1/s1. The minimum Gasteiger partial charge on any atom is -0.388 e. The topological polar surface area (TPSA) is 38.0 Å². The molecule has 3 nitrogen and oxygen atoms in total. The van der Waals surface area contributed by atoms with Gasteiger partial charge in [-0.3, -0.25) is 4.68 Å². The maximum absolute atomic E-state index is 11.5. The van der Waals surface area contributed by atoms with E-state index < -0.39 is 0 Å². The van der Waals surface area contributed by atoms with Crippen LogP contribution >= 0.6 is 0 Å². The van der Waals surface area contributed by atoms with Gasteiger partial charge in [0, 0.05) is 23.2 Å². The molecule has 4 fully saturated rings. The van der Waals surface area contributed by atoms with E-state index in [1.807, 2.05) is 6.20 Å². The molecule has 0 aromatic carbocycles. The molecule has 1 aromatic rings. The molecule has 0 unspecified atom stereocenters. The third-order valence-corrected chi connectivity index (χ3v) is 10.2. The number of aliphatic hydroxyl groups excluding tert-OH is 1. The molecule has 0 saturated heterocycles. The van der Waals surface area contributed by atoms with Gasteiger partial charge in [0.1, 0.15) is 0 Å². The van der Waals surface area contributed by atoms with Gasteiger partial charge in [0.2, 0.25) is 0 Å². The summed E-state index contributed by atoms with van der Waals surface area (Å²) < 4.78 is 2.06. The first-order chi connectivity index (χ1) is 13.9. The van der Waals surface area contributed by atoms with E-state index in [1.165, 1.54) is 68.2 Å². The normalized spacial score (nSPS) is 45.7. The first kappa shape index (κ1) is 19.8. The third-order valence-electron chi connectivity index (χ3n) is 10.2. The molecule has 7 atom stereocenters. The van der Waals surface area contributed by atoms with Crippen molar-refractivity contribution in [3.05, 3.63) is 23.0 Å². The Morgan fingerprint density at radius 3 is 2.69 bits per heavy atom. The molecule has 4 saturated carbocycles. The number of aromatic nitrogens is 2. The summed E-state index contributed by atoms with van der Waals surface area (Å²) in [7, 11) is 0. The molecular weight excluding hydrogens is 356 g/mol. The molecule has 4 aliphatic rings. The van der Waals surface area contributed by atoms with E-state index >= 15 is 0 Å². The van der Waals surface area contributed by atoms with Gasteiger partial charge >= 0.3 is 0 Å². The molecular formula is C26H40N2O. The van der Waals surface area contributed by atoms with Gasteiger partial charge in [-0.2, -0.15) is 5.10 Å². The predicted octanol–water partition coefficient (Wildman–Crippen LogP) is 6.00. The highest BCUT2D eigenvalue weighted by atomic mass is 16.3. The lowest BCUT2D eigenvalue weighted by Crippen LogP contribution is -2.53. The van der Waals surface area contributed by atoms with E-state index in [0.29, 0.717) is 11.3 Å². The van der Waals surface area contributed by atoms with Crippen molar-refractivity contribution in [1.82, 2.24) is 9.78 Å². The van der Waals surface area contributed by atoms with Crippen molar-refractivity contribution in [1.29, 1.82) is 0 Å². The minimum absolute atomic E-state index is 0.0690. The van der Waals surface area contributed by atoms with Crippen molar-refractivity contribution in [2.75, 3.05) is 0 Å². The lowest BCUT2D eigenvalue weighted by atomic mass is 9.45. The highest BCUT2D eigenvalue weighted by Gasteiger charge is 2.60. The first-order valence-corrected chi connectivity index (χ1v) is 12.3. The van der Waals surface area contributed by atoms with Crippen molar-refractivity contribution in [2.45, 2.75) is 98.1 Å². The summed E-state index contributed by atoms with van der Waals surface area (Å²) in [5, 5.41) is 16.0. The molecule has 29 heavy (non-hydrogen) atoms. The Hall–Kier alpha value is -1.09. The predicted molar refractivity (Wildman–Crippen MR) is 118 cm³/mol. The van der Waals surface area contributed by atoms with Crippen molar-refractivity contribution >= 4 is 6.08 Å². The van der Waals surface area contributed by atoms with Gasteiger partial charge in [0.15, 0.2) is 0 Å². The van der Waals surface area contributed by atoms with Crippen molar-refractivity contribution in [3.63, 3.8) is 0 Å². The number of rotatable bonds is 2. The Labute approximate surface area is 177 Å². The summed E-state index contributed by atoms with van der Waals surface area (Å²) >= 11 is 0. The van der Waals surface area contributed by atoms with Crippen molar-refractivity contribution in [2.24, 2.45) is 34.5 Å². The zero-order valence-corrected chi connectivity index (χ0v) is 19.0. The number of fused-ring (bicyclic) bond motifs is 5. The van der Waals surface area contributed by atoms with E-state index in [-0.39, 0.29) is 11.5 Å². The van der Waals surface area contributed by atoms with Crippen LogP contribution in [0.3, 0.4) is 0 Å². The second-order valence-electron chi connectivity index (χ2n) is 11.3. The van der Waals surface area contributed by atoms with Crippen LogP contribution in [0.15, 0.2) is 11.8 Å². The molecule has 4 aliphatic carbocycles. The number of hydrogen-bond donors (Lipinski definition) is 1. The Kier molecular flexibility index (Phi) is 4.77. The SMILES string of the molecule is CCn1ncc(/C=C2\C[C@@H]3[C@H]4CC[C@H]5CCCC[C@]5(C)[C@@H]4CC[C@]3(C)[C@H]2O)c1C. The molecule has 5 rings (SSSR count). The molecule has 160 valence electrons. The van der Waals surface area contributed by atoms with Gasteiger partial charge < -0.3 is 5.11 Å². The van der Waals surface area contributed by atoms with E-state index in [0.717, 1.165) is 30.7 Å². The van der Waals surface area contributed by atoms with Crippen LogP contribution < -0.4 is 0 Å². The molecule has 0 spiro atoms. The summed E-state index contributed by atoms with van der Waals surface area (Å²) in [6.45, 7) is 10.2. The van der Waals surface area contributed by atoms with E-state index in [9.17, 15) is 5.11 Å². The van der Waals surface area contributed by atoms with Crippen molar-refractivity contribution < 1.29 is 5.11 Å². The van der Waals surface area contributed by atoms with Gasteiger partial charge in [-0.05, 0) is 99.5 Å². The molecule has 0 aliphatic heterocycles. The monoisotopic (exact) mass is 396 g/mol. The lowest BCUT2D eigenvalue weighted by molar-refractivity contribution is -0.119. The van der Waals surface area contributed by atoms with Crippen LogP contribution in [0.4, 0.5) is 0 Å². The Balaban J connectivity index is 1.45. The number of hydrogen-bond acceptors (Lipinski definition) is 2.